The molecule has 0 saturated carbocycles. The molecule has 2 saturated heterocycles. The first kappa shape index (κ1) is 23.1. The first-order valence-electron chi connectivity index (χ1n) is 12.0. The molecule has 2 aliphatic rings. The Morgan fingerprint density at radius 1 is 1.06 bits per heavy atom. The summed E-state index contributed by atoms with van der Waals surface area (Å²) < 4.78 is 5.45. The van der Waals surface area contributed by atoms with Crippen molar-refractivity contribution in [2.75, 3.05) is 55.4 Å². The van der Waals surface area contributed by atoms with Gasteiger partial charge in [0, 0.05) is 42.9 Å². The number of benzene rings is 2. The molecule has 0 atom stereocenters. The maximum Gasteiger partial charge on any atom is 0.234 e. The molecule has 1 N–H and O–H groups in total. The summed E-state index contributed by atoms with van der Waals surface area (Å²) in [5, 5.41) is 4.92. The molecule has 8 heteroatoms. The quantitative estimate of drug-likeness (QED) is 0.406. The van der Waals surface area contributed by atoms with Crippen LogP contribution >= 0.6 is 11.8 Å². The molecule has 0 unspecified atom stereocenters. The molecule has 0 aliphatic carbocycles. The van der Waals surface area contributed by atoms with Crippen LogP contribution in [0.25, 0.3) is 10.9 Å². The van der Waals surface area contributed by atoms with Crippen LogP contribution in [0, 0.1) is 6.92 Å². The SMILES string of the molecule is Cc1cc(N2CCCC2)ccc1NC(=O)CSc1nc(CN2CCOCC2)nc2ccccc12. The number of anilines is 2. The lowest BCUT2D eigenvalue weighted by Gasteiger charge is -2.25. The second kappa shape index (κ2) is 10.7. The van der Waals surface area contributed by atoms with Gasteiger partial charge in [-0.2, -0.15) is 0 Å². The number of aromatic nitrogens is 2. The van der Waals surface area contributed by atoms with Crippen molar-refractivity contribution in [2.45, 2.75) is 31.3 Å². The van der Waals surface area contributed by atoms with Crippen LogP contribution in [0.3, 0.4) is 0 Å². The molecule has 2 aliphatic heterocycles. The summed E-state index contributed by atoms with van der Waals surface area (Å²) in [6, 6.07) is 14.3. The first-order chi connectivity index (χ1) is 16.7. The van der Waals surface area contributed by atoms with E-state index in [0.29, 0.717) is 12.3 Å². The summed E-state index contributed by atoms with van der Waals surface area (Å²) in [6.07, 6.45) is 2.50. The van der Waals surface area contributed by atoms with E-state index in [4.69, 9.17) is 14.7 Å². The monoisotopic (exact) mass is 477 g/mol. The van der Waals surface area contributed by atoms with Gasteiger partial charge in [0.2, 0.25) is 5.91 Å². The van der Waals surface area contributed by atoms with Crippen LogP contribution in [-0.4, -0.2) is 65.9 Å². The lowest BCUT2D eigenvalue weighted by molar-refractivity contribution is -0.113. The van der Waals surface area contributed by atoms with Crippen molar-refractivity contribution in [2.24, 2.45) is 0 Å². The molecule has 0 spiro atoms. The van der Waals surface area contributed by atoms with Gasteiger partial charge in [0.25, 0.3) is 0 Å². The molecule has 3 heterocycles. The molecule has 0 bridgehead atoms. The highest BCUT2D eigenvalue weighted by Gasteiger charge is 2.17. The predicted octanol–water partition coefficient (Wildman–Crippen LogP) is 4.10. The fourth-order valence-electron chi connectivity index (χ4n) is 4.51. The number of hydrogen-bond donors (Lipinski definition) is 1. The highest BCUT2D eigenvalue weighted by atomic mass is 32.2. The third-order valence-corrected chi connectivity index (χ3v) is 7.37. The second-order valence-electron chi connectivity index (χ2n) is 8.88. The molecule has 2 aromatic carbocycles. The maximum atomic E-state index is 12.8. The number of amides is 1. The Morgan fingerprint density at radius 2 is 1.85 bits per heavy atom. The number of ether oxygens (including phenoxy) is 1. The van der Waals surface area contributed by atoms with Gasteiger partial charge in [-0.3, -0.25) is 9.69 Å². The van der Waals surface area contributed by atoms with Crippen LogP contribution < -0.4 is 10.2 Å². The standard InChI is InChI=1S/C26H31N5O2S/c1-19-16-20(31-10-4-5-11-31)8-9-22(19)28-25(32)18-34-26-21-6-2-3-7-23(21)27-24(29-26)17-30-12-14-33-15-13-30/h2-3,6-9,16H,4-5,10-15,17-18H2,1H3,(H,28,32). The van der Waals surface area contributed by atoms with E-state index in [9.17, 15) is 4.79 Å². The largest absolute Gasteiger partial charge is 0.379 e. The average molecular weight is 478 g/mol. The van der Waals surface area contributed by atoms with Crippen LogP contribution in [0.2, 0.25) is 0 Å². The lowest BCUT2D eigenvalue weighted by Crippen LogP contribution is -2.36. The van der Waals surface area contributed by atoms with Gasteiger partial charge in [-0.1, -0.05) is 30.0 Å². The number of nitrogens with one attached hydrogen (secondary N) is 1. The van der Waals surface area contributed by atoms with E-state index in [2.05, 4.69) is 34.2 Å². The van der Waals surface area contributed by atoms with Crippen LogP contribution in [0.4, 0.5) is 11.4 Å². The van der Waals surface area contributed by atoms with Crippen LogP contribution in [0.15, 0.2) is 47.5 Å². The van der Waals surface area contributed by atoms with E-state index in [1.807, 2.05) is 30.3 Å². The number of fused-ring (bicyclic) bond motifs is 1. The van der Waals surface area contributed by atoms with Gasteiger partial charge in [-0.15, -0.1) is 0 Å². The third-order valence-electron chi connectivity index (χ3n) is 6.38. The number of nitrogens with zero attached hydrogens (tertiary/aromatic N) is 4. The van der Waals surface area contributed by atoms with Crippen LogP contribution in [0.5, 0.6) is 0 Å². The van der Waals surface area contributed by atoms with Crippen molar-refractivity contribution >= 4 is 39.9 Å². The number of carbonyl (C=O) groups is 1. The molecule has 7 nitrogen and oxygen atoms in total. The minimum atomic E-state index is -0.0283. The van der Waals surface area contributed by atoms with E-state index < -0.39 is 0 Å². The average Bonchev–Trinajstić information content (AvgIpc) is 3.39. The van der Waals surface area contributed by atoms with Crippen molar-refractivity contribution in [3.8, 4) is 0 Å². The first-order valence-corrected chi connectivity index (χ1v) is 13.0. The molecule has 1 amide bonds. The number of thioether (sulfide) groups is 1. The van der Waals surface area contributed by atoms with E-state index >= 15 is 0 Å². The van der Waals surface area contributed by atoms with Crippen molar-refractivity contribution < 1.29 is 9.53 Å². The normalized spacial score (nSPS) is 16.8. The van der Waals surface area contributed by atoms with Crippen molar-refractivity contribution in [1.82, 2.24) is 14.9 Å². The van der Waals surface area contributed by atoms with E-state index in [1.54, 1.807) is 0 Å². The summed E-state index contributed by atoms with van der Waals surface area (Å²) in [5.74, 6) is 1.06. The smallest absolute Gasteiger partial charge is 0.234 e. The Kier molecular flexibility index (Phi) is 7.27. The van der Waals surface area contributed by atoms with Gasteiger partial charge in [0.05, 0.1) is 31.0 Å². The lowest BCUT2D eigenvalue weighted by atomic mass is 10.1. The van der Waals surface area contributed by atoms with Gasteiger partial charge in [0.15, 0.2) is 0 Å². The van der Waals surface area contributed by atoms with Crippen molar-refractivity contribution in [1.29, 1.82) is 0 Å². The van der Waals surface area contributed by atoms with E-state index in [-0.39, 0.29) is 5.91 Å². The van der Waals surface area contributed by atoms with Gasteiger partial charge >= 0.3 is 0 Å². The van der Waals surface area contributed by atoms with Crippen molar-refractivity contribution in [3.63, 3.8) is 0 Å². The van der Waals surface area contributed by atoms with E-state index in [1.165, 1.54) is 30.3 Å². The number of hydrogen-bond acceptors (Lipinski definition) is 7. The number of morpholine rings is 1. The Balaban J connectivity index is 1.26. The minimum Gasteiger partial charge on any atom is -0.379 e. The number of carbonyl (C=O) groups excluding carboxylic acids is 1. The number of aryl methyl sites for hydroxylation is 1. The third kappa shape index (κ3) is 5.51. The molecule has 0 radical (unpaired) electrons. The number of rotatable bonds is 7. The Labute approximate surface area is 204 Å². The summed E-state index contributed by atoms with van der Waals surface area (Å²) in [6.45, 7) is 8.23. The fourth-order valence-corrected chi connectivity index (χ4v) is 5.35. The van der Waals surface area contributed by atoms with Crippen LogP contribution in [-0.2, 0) is 16.1 Å². The zero-order valence-corrected chi connectivity index (χ0v) is 20.4. The molecule has 34 heavy (non-hydrogen) atoms. The van der Waals surface area contributed by atoms with Gasteiger partial charge in [-0.25, -0.2) is 9.97 Å². The van der Waals surface area contributed by atoms with Gasteiger partial charge in [-0.05, 0) is 49.6 Å². The predicted molar refractivity (Wildman–Crippen MR) is 138 cm³/mol. The Bertz CT molecular complexity index is 1160. The van der Waals surface area contributed by atoms with Gasteiger partial charge < -0.3 is 15.0 Å². The summed E-state index contributed by atoms with van der Waals surface area (Å²) in [5.41, 5.74) is 4.11. The maximum absolute atomic E-state index is 12.8. The summed E-state index contributed by atoms with van der Waals surface area (Å²) >= 11 is 1.47. The minimum absolute atomic E-state index is 0.0283. The van der Waals surface area contributed by atoms with E-state index in [0.717, 1.165) is 72.4 Å². The summed E-state index contributed by atoms with van der Waals surface area (Å²) in [4.78, 5) is 27.1. The Hall–Kier alpha value is -2.68. The molecule has 3 aromatic rings. The molecular formula is C26H31N5O2S. The highest BCUT2D eigenvalue weighted by molar-refractivity contribution is 8.00. The Morgan fingerprint density at radius 3 is 2.65 bits per heavy atom. The fraction of sp³-hybridized carbons (Fsp3) is 0.423. The zero-order chi connectivity index (χ0) is 23.3. The molecule has 178 valence electrons. The summed E-state index contributed by atoms with van der Waals surface area (Å²) in [7, 11) is 0. The number of para-hydroxylation sites is 1. The molecule has 5 rings (SSSR count). The molecule has 2 fully saturated rings. The zero-order valence-electron chi connectivity index (χ0n) is 19.6. The van der Waals surface area contributed by atoms with Crippen LogP contribution in [0.1, 0.15) is 24.2 Å². The second-order valence-corrected chi connectivity index (χ2v) is 9.84. The topological polar surface area (TPSA) is 70.6 Å². The van der Waals surface area contributed by atoms with Gasteiger partial charge in [0.1, 0.15) is 10.9 Å². The van der Waals surface area contributed by atoms with Crippen molar-refractivity contribution in [3.05, 3.63) is 53.9 Å². The molecular weight excluding hydrogens is 446 g/mol. The highest BCUT2D eigenvalue weighted by Crippen LogP contribution is 2.28. The molecule has 1 aromatic heterocycles.